The smallest absolute Gasteiger partial charge is 0.184 e. The van der Waals surface area contributed by atoms with Crippen LogP contribution in [0.3, 0.4) is 0 Å². The second kappa shape index (κ2) is 5.82. The average molecular weight is 264 g/mol. The van der Waals surface area contributed by atoms with E-state index in [1.54, 1.807) is 0 Å². The fourth-order valence-electron chi connectivity index (χ4n) is 2.27. The van der Waals surface area contributed by atoms with Gasteiger partial charge in [0.1, 0.15) is 5.69 Å². The summed E-state index contributed by atoms with van der Waals surface area (Å²) in [5, 5.41) is 11.5. The molecule has 0 atom stereocenters. The highest BCUT2D eigenvalue weighted by Gasteiger charge is 2.20. The van der Waals surface area contributed by atoms with Crippen LogP contribution >= 0.6 is 0 Å². The first kappa shape index (κ1) is 14.2. The standard InChI is InChI=1S/C14H24N4O/c1-14(2,3)7-4-13(19)12-10-18(17-16-12)11-5-8-15-9-6-11/h10-11,15H,4-9H2,1-3H3. The number of Topliss-reactive ketones (excluding diaryl/α,β-unsaturated/α-hetero) is 1. The summed E-state index contributed by atoms with van der Waals surface area (Å²) in [5.74, 6) is 0.107. The molecule has 1 aliphatic rings. The molecule has 0 bridgehead atoms. The molecule has 5 nitrogen and oxygen atoms in total. The maximum absolute atomic E-state index is 12.1. The Morgan fingerprint density at radius 3 is 2.74 bits per heavy atom. The molecular formula is C14H24N4O. The van der Waals surface area contributed by atoms with Crippen molar-refractivity contribution >= 4 is 5.78 Å². The van der Waals surface area contributed by atoms with E-state index >= 15 is 0 Å². The summed E-state index contributed by atoms with van der Waals surface area (Å²) in [6.45, 7) is 8.46. The van der Waals surface area contributed by atoms with Gasteiger partial charge in [-0.25, -0.2) is 4.68 Å². The van der Waals surface area contributed by atoms with Gasteiger partial charge in [-0.05, 0) is 37.8 Å². The number of rotatable bonds is 4. The van der Waals surface area contributed by atoms with Crippen molar-refractivity contribution in [1.29, 1.82) is 0 Å². The number of piperidine rings is 1. The Morgan fingerprint density at radius 1 is 1.42 bits per heavy atom. The van der Waals surface area contributed by atoms with Crippen LogP contribution in [0.15, 0.2) is 6.20 Å². The van der Waals surface area contributed by atoms with Crippen LogP contribution in [0.2, 0.25) is 0 Å². The predicted octanol–water partition coefficient (Wildman–Crippen LogP) is 2.21. The number of carbonyl (C=O) groups excluding carboxylic acids is 1. The molecule has 19 heavy (non-hydrogen) atoms. The molecule has 0 aromatic carbocycles. The van der Waals surface area contributed by atoms with Crippen molar-refractivity contribution in [3.63, 3.8) is 0 Å². The van der Waals surface area contributed by atoms with Gasteiger partial charge in [-0.2, -0.15) is 0 Å². The number of nitrogens with one attached hydrogen (secondary N) is 1. The van der Waals surface area contributed by atoms with Gasteiger partial charge in [-0.15, -0.1) is 5.10 Å². The van der Waals surface area contributed by atoms with E-state index in [2.05, 4.69) is 36.4 Å². The number of aromatic nitrogens is 3. The molecule has 1 aliphatic heterocycles. The zero-order valence-corrected chi connectivity index (χ0v) is 12.1. The molecule has 1 saturated heterocycles. The van der Waals surface area contributed by atoms with Crippen LogP contribution in [0.5, 0.6) is 0 Å². The van der Waals surface area contributed by atoms with Crippen molar-refractivity contribution in [3.8, 4) is 0 Å². The van der Waals surface area contributed by atoms with Crippen LogP contribution in [0.1, 0.15) is 63.0 Å². The summed E-state index contributed by atoms with van der Waals surface area (Å²) in [6.07, 6.45) is 5.36. The van der Waals surface area contributed by atoms with Crippen molar-refractivity contribution in [2.24, 2.45) is 5.41 Å². The predicted molar refractivity (Wildman–Crippen MR) is 74.2 cm³/mol. The van der Waals surface area contributed by atoms with Gasteiger partial charge in [0.25, 0.3) is 0 Å². The minimum atomic E-state index is 0.107. The largest absolute Gasteiger partial charge is 0.317 e. The van der Waals surface area contributed by atoms with E-state index in [-0.39, 0.29) is 11.2 Å². The summed E-state index contributed by atoms with van der Waals surface area (Å²) in [5.41, 5.74) is 0.698. The summed E-state index contributed by atoms with van der Waals surface area (Å²) in [4.78, 5) is 12.1. The van der Waals surface area contributed by atoms with Gasteiger partial charge >= 0.3 is 0 Å². The van der Waals surface area contributed by atoms with Crippen molar-refractivity contribution in [2.45, 2.75) is 52.5 Å². The van der Waals surface area contributed by atoms with Gasteiger partial charge in [0, 0.05) is 6.42 Å². The Labute approximate surface area is 114 Å². The maximum atomic E-state index is 12.1. The molecule has 1 aromatic heterocycles. The molecule has 1 N–H and O–H groups in total. The monoisotopic (exact) mass is 264 g/mol. The van der Waals surface area contributed by atoms with E-state index in [1.165, 1.54) is 0 Å². The Morgan fingerprint density at radius 2 is 2.11 bits per heavy atom. The van der Waals surface area contributed by atoms with Gasteiger partial charge in [0.2, 0.25) is 0 Å². The number of hydrogen-bond donors (Lipinski definition) is 1. The highest BCUT2D eigenvalue weighted by atomic mass is 16.1. The van der Waals surface area contributed by atoms with Crippen molar-refractivity contribution in [2.75, 3.05) is 13.1 Å². The summed E-state index contributed by atoms with van der Waals surface area (Å²) in [7, 11) is 0. The minimum Gasteiger partial charge on any atom is -0.317 e. The summed E-state index contributed by atoms with van der Waals surface area (Å²) < 4.78 is 1.87. The molecule has 0 spiro atoms. The number of ketones is 1. The second-order valence-electron chi connectivity index (χ2n) is 6.55. The van der Waals surface area contributed by atoms with Gasteiger partial charge in [-0.1, -0.05) is 26.0 Å². The highest BCUT2D eigenvalue weighted by Crippen LogP contribution is 2.22. The third-order valence-corrected chi connectivity index (χ3v) is 3.58. The summed E-state index contributed by atoms with van der Waals surface area (Å²) in [6, 6.07) is 0.387. The van der Waals surface area contributed by atoms with Crippen LogP contribution in [0.4, 0.5) is 0 Å². The molecule has 0 radical (unpaired) electrons. The average Bonchev–Trinajstić information content (AvgIpc) is 2.86. The molecule has 1 fully saturated rings. The molecule has 0 aliphatic carbocycles. The molecule has 1 aromatic rings. The highest BCUT2D eigenvalue weighted by molar-refractivity contribution is 5.93. The van der Waals surface area contributed by atoms with Gasteiger partial charge in [0.05, 0.1) is 12.2 Å². The SMILES string of the molecule is CC(C)(C)CCC(=O)c1cn(C2CCNCC2)nn1. The lowest BCUT2D eigenvalue weighted by Gasteiger charge is -2.22. The van der Waals surface area contributed by atoms with Gasteiger partial charge < -0.3 is 5.32 Å². The Hall–Kier alpha value is -1.23. The molecule has 5 heteroatoms. The van der Waals surface area contributed by atoms with E-state index in [0.717, 1.165) is 32.4 Å². The lowest BCUT2D eigenvalue weighted by atomic mass is 9.89. The third kappa shape index (κ3) is 4.13. The Kier molecular flexibility index (Phi) is 4.34. The van der Waals surface area contributed by atoms with Crippen molar-refractivity contribution in [1.82, 2.24) is 20.3 Å². The maximum Gasteiger partial charge on any atom is 0.184 e. The van der Waals surface area contributed by atoms with E-state index < -0.39 is 0 Å². The van der Waals surface area contributed by atoms with Gasteiger partial charge in [-0.3, -0.25) is 4.79 Å². The van der Waals surface area contributed by atoms with Crippen LogP contribution in [-0.4, -0.2) is 33.9 Å². The normalized spacial score (nSPS) is 17.6. The first-order valence-electron chi connectivity index (χ1n) is 7.11. The van der Waals surface area contributed by atoms with E-state index in [1.807, 2.05) is 10.9 Å². The van der Waals surface area contributed by atoms with Gasteiger partial charge in [0.15, 0.2) is 5.78 Å². The fraction of sp³-hybridized carbons (Fsp3) is 0.786. The van der Waals surface area contributed by atoms with Crippen LogP contribution < -0.4 is 5.32 Å². The lowest BCUT2D eigenvalue weighted by molar-refractivity contribution is 0.0961. The van der Waals surface area contributed by atoms with Crippen LogP contribution in [0.25, 0.3) is 0 Å². The molecule has 0 amide bonds. The van der Waals surface area contributed by atoms with E-state index in [9.17, 15) is 4.79 Å². The number of nitrogens with zero attached hydrogens (tertiary/aromatic N) is 3. The van der Waals surface area contributed by atoms with Crippen molar-refractivity contribution < 1.29 is 4.79 Å². The lowest BCUT2D eigenvalue weighted by Crippen LogP contribution is -2.29. The zero-order chi connectivity index (χ0) is 13.9. The topological polar surface area (TPSA) is 59.8 Å². The van der Waals surface area contributed by atoms with Crippen LogP contribution in [0, 0.1) is 5.41 Å². The zero-order valence-electron chi connectivity index (χ0n) is 12.1. The van der Waals surface area contributed by atoms with E-state index in [0.29, 0.717) is 18.2 Å². The fourth-order valence-corrected chi connectivity index (χ4v) is 2.27. The molecule has 2 heterocycles. The van der Waals surface area contributed by atoms with E-state index in [4.69, 9.17) is 0 Å². The molecular weight excluding hydrogens is 240 g/mol. The third-order valence-electron chi connectivity index (χ3n) is 3.58. The summed E-state index contributed by atoms with van der Waals surface area (Å²) >= 11 is 0. The first-order chi connectivity index (χ1) is 8.96. The number of hydrogen-bond acceptors (Lipinski definition) is 4. The second-order valence-corrected chi connectivity index (χ2v) is 6.55. The number of carbonyl (C=O) groups is 1. The Bertz CT molecular complexity index is 427. The van der Waals surface area contributed by atoms with Crippen molar-refractivity contribution in [3.05, 3.63) is 11.9 Å². The quantitative estimate of drug-likeness (QED) is 0.847. The molecule has 0 unspecified atom stereocenters. The molecule has 106 valence electrons. The first-order valence-corrected chi connectivity index (χ1v) is 7.11. The van der Waals surface area contributed by atoms with Crippen LogP contribution in [-0.2, 0) is 0 Å². The molecule has 2 rings (SSSR count). The Balaban J connectivity index is 1.94. The minimum absolute atomic E-state index is 0.107. The molecule has 0 saturated carbocycles.